The number of hydrogen-bond acceptors (Lipinski definition) is 2. The van der Waals surface area contributed by atoms with Crippen molar-refractivity contribution < 1.29 is 31.5 Å². The lowest BCUT2D eigenvalue weighted by molar-refractivity contribution is -0.255. The van der Waals surface area contributed by atoms with Gasteiger partial charge in [0.25, 0.3) is 0 Å². The molecule has 0 fully saturated rings. The van der Waals surface area contributed by atoms with E-state index < -0.39 is 23.4 Å². The Bertz CT molecular complexity index is 454. The Hall–Kier alpha value is -1.66. The molecule has 0 amide bonds. The number of carbonyl (C=O) groups is 1. The molecule has 0 aliphatic heterocycles. The predicted molar refractivity (Wildman–Crippen MR) is 57.6 cm³/mol. The molecular formula is C12H11F5O2. The minimum atomic E-state index is -5.91. The minimum Gasteiger partial charge on any atom is -0.494 e. The average Bonchev–Trinajstić information content (AvgIpc) is 2.34. The molecule has 19 heavy (non-hydrogen) atoms. The van der Waals surface area contributed by atoms with Gasteiger partial charge in [-0.05, 0) is 18.6 Å². The van der Waals surface area contributed by atoms with Crippen LogP contribution in [0, 0.1) is 0 Å². The third kappa shape index (κ3) is 3.42. The molecule has 1 rings (SSSR count). The van der Waals surface area contributed by atoms with E-state index >= 15 is 0 Å². The summed E-state index contributed by atoms with van der Waals surface area (Å²) >= 11 is 0. The van der Waals surface area contributed by atoms with Crippen LogP contribution in [-0.2, 0) is 0 Å². The number of ether oxygens (including phenoxy) is 1. The highest BCUT2D eigenvalue weighted by Crippen LogP contribution is 2.38. The van der Waals surface area contributed by atoms with Crippen molar-refractivity contribution in [3.8, 4) is 5.75 Å². The van der Waals surface area contributed by atoms with Crippen LogP contribution in [0.4, 0.5) is 22.0 Å². The Balaban J connectivity index is 3.00. The number of hydrogen-bond donors (Lipinski definition) is 0. The molecule has 0 saturated carbocycles. The highest BCUT2D eigenvalue weighted by molar-refractivity contribution is 6.02. The number of Topliss-reactive ketones (excluding diaryl/α,β-unsaturated/α-hetero) is 1. The molecule has 106 valence electrons. The van der Waals surface area contributed by atoms with Crippen molar-refractivity contribution >= 4 is 5.78 Å². The number of rotatable bonds is 5. The van der Waals surface area contributed by atoms with E-state index in [-0.39, 0.29) is 12.4 Å². The smallest absolute Gasteiger partial charge is 0.461 e. The van der Waals surface area contributed by atoms with Gasteiger partial charge in [0, 0.05) is 5.56 Å². The van der Waals surface area contributed by atoms with Gasteiger partial charge in [0.05, 0.1) is 6.61 Å². The van der Waals surface area contributed by atoms with Crippen LogP contribution in [0.15, 0.2) is 24.3 Å². The van der Waals surface area contributed by atoms with E-state index in [0.29, 0.717) is 6.42 Å². The highest BCUT2D eigenvalue weighted by Gasteiger charge is 2.63. The first-order valence-electron chi connectivity index (χ1n) is 5.42. The van der Waals surface area contributed by atoms with Gasteiger partial charge in [-0.1, -0.05) is 19.1 Å². The monoisotopic (exact) mass is 282 g/mol. The molecule has 0 saturated heterocycles. The summed E-state index contributed by atoms with van der Waals surface area (Å²) in [4.78, 5) is 11.2. The van der Waals surface area contributed by atoms with Gasteiger partial charge >= 0.3 is 12.1 Å². The summed E-state index contributed by atoms with van der Waals surface area (Å²) < 4.78 is 67.0. The van der Waals surface area contributed by atoms with E-state index in [9.17, 15) is 26.7 Å². The number of ketones is 1. The molecule has 0 atom stereocenters. The first kappa shape index (κ1) is 15.4. The number of alkyl halides is 5. The van der Waals surface area contributed by atoms with Crippen molar-refractivity contribution in [3.63, 3.8) is 0 Å². The zero-order valence-corrected chi connectivity index (χ0v) is 9.93. The van der Waals surface area contributed by atoms with Gasteiger partial charge in [-0.2, -0.15) is 22.0 Å². The fourth-order valence-corrected chi connectivity index (χ4v) is 1.26. The molecule has 0 heterocycles. The van der Waals surface area contributed by atoms with Gasteiger partial charge in [-0.3, -0.25) is 4.79 Å². The van der Waals surface area contributed by atoms with Gasteiger partial charge in [-0.25, -0.2) is 0 Å². The Morgan fingerprint density at radius 1 is 1.21 bits per heavy atom. The zero-order chi connectivity index (χ0) is 14.7. The minimum absolute atomic E-state index is 0.0747. The molecule has 0 N–H and O–H groups in total. The molecule has 0 aliphatic carbocycles. The molecule has 2 nitrogen and oxygen atoms in total. The lowest BCUT2D eigenvalue weighted by Crippen LogP contribution is -2.44. The SMILES string of the molecule is CCCOc1cccc(C(=O)C(F)(F)C(F)(F)F)c1. The topological polar surface area (TPSA) is 26.3 Å². The van der Waals surface area contributed by atoms with Gasteiger partial charge in [-0.15, -0.1) is 0 Å². The van der Waals surface area contributed by atoms with E-state index in [1.165, 1.54) is 12.1 Å². The van der Waals surface area contributed by atoms with Gasteiger partial charge in [0.1, 0.15) is 5.75 Å². The summed E-state index contributed by atoms with van der Waals surface area (Å²) in [6, 6.07) is 4.32. The van der Waals surface area contributed by atoms with E-state index in [2.05, 4.69) is 0 Å². The van der Waals surface area contributed by atoms with Gasteiger partial charge in [0.2, 0.25) is 5.78 Å². The van der Waals surface area contributed by atoms with Crippen molar-refractivity contribution in [1.29, 1.82) is 0 Å². The second-order valence-corrected chi connectivity index (χ2v) is 3.78. The summed E-state index contributed by atoms with van der Waals surface area (Å²) in [6.45, 7) is 2.07. The third-order valence-corrected chi connectivity index (χ3v) is 2.21. The Morgan fingerprint density at radius 3 is 2.37 bits per heavy atom. The fraction of sp³-hybridized carbons (Fsp3) is 0.417. The van der Waals surface area contributed by atoms with Crippen LogP contribution in [0.5, 0.6) is 5.75 Å². The van der Waals surface area contributed by atoms with Crippen LogP contribution in [0.25, 0.3) is 0 Å². The van der Waals surface area contributed by atoms with Crippen molar-refractivity contribution in [2.24, 2.45) is 0 Å². The summed E-state index contributed by atoms with van der Waals surface area (Å²) in [5, 5.41) is 0. The summed E-state index contributed by atoms with van der Waals surface area (Å²) in [5.74, 6) is -7.62. The molecule has 0 radical (unpaired) electrons. The van der Waals surface area contributed by atoms with Gasteiger partial charge < -0.3 is 4.74 Å². The second-order valence-electron chi connectivity index (χ2n) is 3.78. The van der Waals surface area contributed by atoms with E-state index in [4.69, 9.17) is 4.74 Å². The quantitative estimate of drug-likeness (QED) is 0.605. The maximum Gasteiger partial charge on any atom is 0.461 e. The largest absolute Gasteiger partial charge is 0.494 e. The van der Waals surface area contributed by atoms with Crippen molar-refractivity contribution in [2.45, 2.75) is 25.4 Å². The van der Waals surface area contributed by atoms with Crippen LogP contribution < -0.4 is 4.74 Å². The average molecular weight is 282 g/mol. The number of carbonyl (C=O) groups excluding carboxylic acids is 1. The third-order valence-electron chi connectivity index (χ3n) is 2.21. The molecule has 0 aromatic heterocycles. The Kier molecular flexibility index (Phi) is 4.49. The van der Waals surface area contributed by atoms with Crippen LogP contribution in [0.3, 0.4) is 0 Å². The molecule has 1 aromatic rings. The lowest BCUT2D eigenvalue weighted by atomic mass is 10.0. The first-order chi connectivity index (χ1) is 8.70. The predicted octanol–water partition coefficient (Wildman–Crippen LogP) is 3.86. The standard InChI is InChI=1S/C12H11F5O2/c1-2-6-19-9-5-3-4-8(7-9)10(18)11(13,14)12(15,16)17/h3-5,7H,2,6H2,1H3. The van der Waals surface area contributed by atoms with Crippen molar-refractivity contribution in [2.75, 3.05) is 6.61 Å². The Labute approximate surface area is 106 Å². The fourth-order valence-electron chi connectivity index (χ4n) is 1.26. The lowest BCUT2D eigenvalue weighted by Gasteiger charge is -2.18. The highest BCUT2D eigenvalue weighted by atomic mass is 19.4. The summed E-state index contributed by atoms with van der Waals surface area (Å²) in [6.07, 6.45) is -5.28. The molecule has 0 spiro atoms. The Morgan fingerprint density at radius 2 is 1.84 bits per heavy atom. The maximum atomic E-state index is 12.9. The van der Waals surface area contributed by atoms with Crippen LogP contribution in [0.2, 0.25) is 0 Å². The van der Waals surface area contributed by atoms with Crippen LogP contribution >= 0.6 is 0 Å². The summed E-state index contributed by atoms with van der Waals surface area (Å²) in [7, 11) is 0. The van der Waals surface area contributed by atoms with E-state index in [1.54, 1.807) is 6.92 Å². The van der Waals surface area contributed by atoms with Crippen molar-refractivity contribution in [3.05, 3.63) is 29.8 Å². The maximum absolute atomic E-state index is 12.9. The van der Waals surface area contributed by atoms with Crippen molar-refractivity contribution in [1.82, 2.24) is 0 Å². The van der Waals surface area contributed by atoms with Gasteiger partial charge in [0.15, 0.2) is 0 Å². The van der Waals surface area contributed by atoms with E-state index in [0.717, 1.165) is 12.1 Å². The number of benzene rings is 1. The molecule has 7 heteroatoms. The second kappa shape index (κ2) is 5.54. The molecular weight excluding hydrogens is 271 g/mol. The number of halogens is 5. The normalized spacial score (nSPS) is 12.3. The first-order valence-corrected chi connectivity index (χ1v) is 5.42. The molecule has 0 unspecified atom stereocenters. The summed E-state index contributed by atoms with van der Waals surface area (Å²) in [5.41, 5.74) is -0.740. The molecule has 0 aliphatic rings. The zero-order valence-electron chi connectivity index (χ0n) is 9.93. The molecule has 0 bridgehead atoms. The van der Waals surface area contributed by atoms with E-state index in [1.807, 2.05) is 0 Å². The molecule has 1 aromatic carbocycles. The van der Waals surface area contributed by atoms with Crippen LogP contribution in [0.1, 0.15) is 23.7 Å². The van der Waals surface area contributed by atoms with Crippen LogP contribution in [-0.4, -0.2) is 24.5 Å².